The number of methoxy groups -OCH3 is 1. The number of nitrogens with zero attached hydrogens (tertiary/aromatic N) is 1. The van der Waals surface area contributed by atoms with Crippen molar-refractivity contribution >= 4 is 50.9 Å². The van der Waals surface area contributed by atoms with Gasteiger partial charge in [-0.05, 0) is 35.0 Å². The molecule has 0 radical (unpaired) electrons. The SMILES string of the molecule is COc1cccc(N2C(=O)C(Nc3cccc4ccccc34)=C(c3cccs3)C2=O)c1. The van der Waals surface area contributed by atoms with Crippen LogP contribution in [0.1, 0.15) is 4.88 Å². The van der Waals surface area contributed by atoms with E-state index in [1.807, 2.05) is 60.0 Å². The number of hydrogen-bond donors (Lipinski definition) is 1. The summed E-state index contributed by atoms with van der Waals surface area (Å²) in [4.78, 5) is 28.9. The predicted octanol–water partition coefficient (Wildman–Crippen LogP) is 5.31. The lowest BCUT2D eigenvalue weighted by atomic mass is 10.1. The molecule has 0 unspecified atom stereocenters. The number of carbonyl (C=O) groups excluding carboxylic acids is 2. The molecule has 152 valence electrons. The van der Waals surface area contributed by atoms with Crippen LogP contribution in [0.5, 0.6) is 5.75 Å². The number of benzene rings is 3. The molecule has 3 aromatic carbocycles. The number of ether oxygens (including phenoxy) is 1. The Kier molecular flexibility index (Phi) is 4.76. The van der Waals surface area contributed by atoms with Gasteiger partial charge in [0.25, 0.3) is 11.8 Å². The highest BCUT2D eigenvalue weighted by Gasteiger charge is 2.41. The maximum Gasteiger partial charge on any atom is 0.282 e. The molecule has 4 aromatic rings. The van der Waals surface area contributed by atoms with E-state index >= 15 is 0 Å². The highest BCUT2D eigenvalue weighted by molar-refractivity contribution is 7.11. The summed E-state index contributed by atoms with van der Waals surface area (Å²) < 4.78 is 5.28. The average molecular weight is 426 g/mol. The van der Waals surface area contributed by atoms with Gasteiger partial charge in [-0.3, -0.25) is 9.59 Å². The molecule has 1 aliphatic heterocycles. The molecule has 0 bridgehead atoms. The number of thiophene rings is 1. The molecule has 5 nitrogen and oxygen atoms in total. The molecular formula is C25H18N2O3S. The largest absolute Gasteiger partial charge is 0.497 e. The van der Waals surface area contributed by atoms with Crippen LogP contribution in [-0.2, 0) is 9.59 Å². The number of hydrogen-bond acceptors (Lipinski definition) is 5. The minimum atomic E-state index is -0.394. The van der Waals surface area contributed by atoms with Gasteiger partial charge >= 0.3 is 0 Å². The van der Waals surface area contributed by atoms with Crippen molar-refractivity contribution in [2.75, 3.05) is 17.3 Å². The molecule has 0 fully saturated rings. The number of imide groups is 1. The molecule has 1 aliphatic rings. The Bertz CT molecular complexity index is 1340. The Morgan fingerprint density at radius 1 is 0.871 bits per heavy atom. The van der Waals surface area contributed by atoms with E-state index in [9.17, 15) is 9.59 Å². The van der Waals surface area contributed by atoms with E-state index in [2.05, 4.69) is 5.32 Å². The van der Waals surface area contributed by atoms with E-state index in [1.54, 1.807) is 31.4 Å². The lowest BCUT2D eigenvalue weighted by Gasteiger charge is -2.16. The Balaban J connectivity index is 1.63. The van der Waals surface area contributed by atoms with Gasteiger partial charge in [-0.2, -0.15) is 0 Å². The summed E-state index contributed by atoms with van der Waals surface area (Å²) in [6, 6.07) is 24.4. The van der Waals surface area contributed by atoms with Crippen LogP contribution < -0.4 is 15.0 Å². The zero-order chi connectivity index (χ0) is 21.4. The second-order valence-electron chi connectivity index (χ2n) is 7.03. The van der Waals surface area contributed by atoms with Gasteiger partial charge < -0.3 is 10.1 Å². The van der Waals surface area contributed by atoms with Gasteiger partial charge in [0.2, 0.25) is 0 Å². The van der Waals surface area contributed by atoms with E-state index in [4.69, 9.17) is 4.74 Å². The van der Waals surface area contributed by atoms with Crippen LogP contribution in [0.25, 0.3) is 16.3 Å². The van der Waals surface area contributed by atoms with Crippen molar-refractivity contribution in [1.82, 2.24) is 0 Å². The third-order valence-electron chi connectivity index (χ3n) is 5.21. The average Bonchev–Trinajstić information content (AvgIpc) is 3.40. The van der Waals surface area contributed by atoms with Crippen LogP contribution in [0.15, 0.2) is 89.9 Å². The Morgan fingerprint density at radius 2 is 1.68 bits per heavy atom. The van der Waals surface area contributed by atoms with E-state index < -0.39 is 5.91 Å². The van der Waals surface area contributed by atoms with Gasteiger partial charge in [0.05, 0.1) is 18.4 Å². The second kappa shape index (κ2) is 7.74. The number of rotatable bonds is 5. The summed E-state index contributed by atoms with van der Waals surface area (Å²) in [7, 11) is 1.55. The molecule has 5 rings (SSSR count). The van der Waals surface area contributed by atoms with Gasteiger partial charge in [0, 0.05) is 22.0 Å². The van der Waals surface area contributed by atoms with Crippen LogP contribution in [0.3, 0.4) is 0 Å². The molecular weight excluding hydrogens is 408 g/mol. The molecule has 6 heteroatoms. The maximum absolute atomic E-state index is 13.5. The summed E-state index contributed by atoms with van der Waals surface area (Å²) in [5, 5.41) is 7.19. The standard InChI is InChI=1S/C25H18N2O3S/c1-30-18-10-5-9-17(15-18)27-24(28)22(21-13-6-14-31-21)23(25(27)29)26-20-12-4-8-16-7-2-3-11-19(16)20/h2-15,26H,1H3. The number of amides is 2. The first-order valence-electron chi connectivity index (χ1n) is 9.73. The van der Waals surface area contributed by atoms with Crippen molar-refractivity contribution in [3.8, 4) is 5.75 Å². The zero-order valence-corrected chi connectivity index (χ0v) is 17.5. The van der Waals surface area contributed by atoms with Crippen LogP contribution >= 0.6 is 11.3 Å². The topological polar surface area (TPSA) is 58.6 Å². The molecule has 0 atom stereocenters. The molecule has 2 heterocycles. The normalized spacial score (nSPS) is 13.9. The molecule has 0 saturated carbocycles. The van der Waals surface area contributed by atoms with Gasteiger partial charge in [0.15, 0.2) is 0 Å². The van der Waals surface area contributed by atoms with E-state index in [0.717, 1.165) is 21.3 Å². The van der Waals surface area contributed by atoms with Crippen LogP contribution in [0, 0.1) is 0 Å². The molecule has 0 aliphatic carbocycles. The second-order valence-corrected chi connectivity index (χ2v) is 7.97. The molecule has 1 aromatic heterocycles. The van der Waals surface area contributed by atoms with E-state index in [0.29, 0.717) is 17.0 Å². The highest BCUT2D eigenvalue weighted by atomic mass is 32.1. The molecule has 1 N–H and O–H groups in total. The van der Waals surface area contributed by atoms with Crippen molar-refractivity contribution in [3.05, 3.63) is 94.8 Å². The number of fused-ring (bicyclic) bond motifs is 1. The van der Waals surface area contributed by atoms with Crippen LogP contribution in [0.4, 0.5) is 11.4 Å². The van der Waals surface area contributed by atoms with Crippen molar-refractivity contribution in [2.45, 2.75) is 0 Å². The Morgan fingerprint density at radius 3 is 2.48 bits per heavy atom. The third kappa shape index (κ3) is 3.27. The molecule has 0 spiro atoms. The highest BCUT2D eigenvalue weighted by Crippen LogP contribution is 2.37. The first-order valence-corrected chi connectivity index (χ1v) is 10.6. The van der Waals surface area contributed by atoms with Gasteiger partial charge in [0.1, 0.15) is 11.4 Å². The molecule has 2 amide bonds. The fourth-order valence-corrected chi connectivity index (χ4v) is 4.52. The minimum Gasteiger partial charge on any atom is -0.497 e. The lowest BCUT2D eigenvalue weighted by molar-refractivity contribution is -0.120. The summed E-state index contributed by atoms with van der Waals surface area (Å²) in [5.74, 6) is -0.177. The monoisotopic (exact) mass is 426 g/mol. The summed E-state index contributed by atoms with van der Waals surface area (Å²) in [5.41, 5.74) is 1.89. The van der Waals surface area contributed by atoms with Crippen molar-refractivity contribution in [3.63, 3.8) is 0 Å². The maximum atomic E-state index is 13.5. The van der Waals surface area contributed by atoms with Gasteiger partial charge in [-0.1, -0.05) is 48.5 Å². The molecule has 0 saturated heterocycles. The van der Waals surface area contributed by atoms with Gasteiger partial charge in [-0.25, -0.2) is 4.90 Å². The van der Waals surface area contributed by atoms with Gasteiger partial charge in [-0.15, -0.1) is 11.3 Å². The van der Waals surface area contributed by atoms with E-state index in [1.165, 1.54) is 16.2 Å². The van der Waals surface area contributed by atoms with Crippen LogP contribution in [0.2, 0.25) is 0 Å². The molecule has 31 heavy (non-hydrogen) atoms. The third-order valence-corrected chi connectivity index (χ3v) is 6.10. The fraction of sp³-hybridized carbons (Fsp3) is 0.0400. The van der Waals surface area contributed by atoms with Crippen LogP contribution in [-0.4, -0.2) is 18.9 Å². The number of carbonyl (C=O) groups is 2. The quantitative estimate of drug-likeness (QED) is 0.440. The van der Waals surface area contributed by atoms with E-state index in [-0.39, 0.29) is 11.6 Å². The fourth-order valence-electron chi connectivity index (χ4n) is 3.75. The smallest absolute Gasteiger partial charge is 0.282 e. The van der Waals surface area contributed by atoms with Crippen molar-refractivity contribution in [2.24, 2.45) is 0 Å². The van der Waals surface area contributed by atoms with Crippen molar-refractivity contribution in [1.29, 1.82) is 0 Å². The Hall–Kier alpha value is -3.90. The lowest BCUT2D eigenvalue weighted by Crippen LogP contribution is -2.32. The number of anilines is 2. The zero-order valence-electron chi connectivity index (χ0n) is 16.7. The summed E-state index contributed by atoms with van der Waals surface area (Å²) >= 11 is 1.43. The predicted molar refractivity (Wildman–Crippen MR) is 124 cm³/mol. The Labute approximate surface area is 183 Å². The summed E-state index contributed by atoms with van der Waals surface area (Å²) in [6.45, 7) is 0. The first kappa shape index (κ1) is 19.1. The minimum absolute atomic E-state index is 0.270. The summed E-state index contributed by atoms with van der Waals surface area (Å²) in [6.07, 6.45) is 0. The number of nitrogens with one attached hydrogen (secondary N) is 1. The van der Waals surface area contributed by atoms with Crippen molar-refractivity contribution < 1.29 is 14.3 Å². The first-order chi connectivity index (χ1) is 15.2.